The third-order valence-corrected chi connectivity index (χ3v) is 2.86. The topological polar surface area (TPSA) is 68.3 Å². The first-order chi connectivity index (χ1) is 10.1. The number of rotatable bonds is 6. The molecule has 110 valence electrons. The molecule has 2 aromatic carbocycles. The molecule has 4 nitrogen and oxygen atoms in total. The second-order valence-electron chi connectivity index (χ2n) is 4.42. The van der Waals surface area contributed by atoms with Gasteiger partial charge >= 0.3 is 0 Å². The molecule has 0 aliphatic rings. The lowest BCUT2D eigenvalue weighted by Gasteiger charge is -2.13. The summed E-state index contributed by atoms with van der Waals surface area (Å²) in [6.07, 6.45) is 0. The van der Waals surface area contributed by atoms with Crippen LogP contribution in [0.3, 0.4) is 0 Å². The molecule has 21 heavy (non-hydrogen) atoms. The van der Waals surface area contributed by atoms with E-state index in [2.05, 4.69) is 0 Å². The largest absolute Gasteiger partial charge is 0.490 e. The van der Waals surface area contributed by atoms with Crippen LogP contribution in [-0.2, 0) is 6.61 Å². The number of ether oxygens (including phenoxy) is 2. The molecule has 0 heterocycles. The molecule has 0 saturated carbocycles. The van der Waals surface area contributed by atoms with Gasteiger partial charge in [0, 0.05) is 5.56 Å². The van der Waals surface area contributed by atoms with E-state index in [1.54, 1.807) is 30.3 Å². The van der Waals surface area contributed by atoms with Crippen molar-refractivity contribution in [3.05, 3.63) is 59.4 Å². The summed E-state index contributed by atoms with van der Waals surface area (Å²) in [4.78, 5) is 0. The van der Waals surface area contributed by atoms with Gasteiger partial charge in [0.05, 0.1) is 6.61 Å². The Morgan fingerprint density at radius 3 is 2.43 bits per heavy atom. The highest BCUT2D eigenvalue weighted by Gasteiger charge is 2.08. The molecule has 5 heteroatoms. The van der Waals surface area contributed by atoms with Gasteiger partial charge < -0.3 is 15.2 Å². The molecule has 0 radical (unpaired) electrons. The van der Waals surface area contributed by atoms with Crippen LogP contribution in [0.1, 0.15) is 18.1 Å². The fraction of sp³-hybridized carbons (Fsp3) is 0.188. The minimum Gasteiger partial charge on any atom is -0.490 e. The van der Waals surface area contributed by atoms with Gasteiger partial charge in [0.15, 0.2) is 11.5 Å². The SMILES string of the molecule is CCOc1cc(C(=N)N)ccc1OCc1ccc(F)cc1. The normalized spacial score (nSPS) is 10.2. The van der Waals surface area contributed by atoms with Gasteiger partial charge in [-0.25, -0.2) is 4.39 Å². The lowest BCUT2D eigenvalue weighted by molar-refractivity contribution is 0.269. The molecule has 0 fully saturated rings. The number of hydrogen-bond donors (Lipinski definition) is 2. The predicted octanol–water partition coefficient (Wildman–Crippen LogP) is 3.09. The first kappa shape index (κ1) is 14.8. The van der Waals surface area contributed by atoms with Gasteiger partial charge in [-0.3, -0.25) is 5.41 Å². The minimum absolute atomic E-state index is 0.0268. The fourth-order valence-corrected chi connectivity index (χ4v) is 1.80. The molecule has 3 N–H and O–H groups in total. The zero-order valence-corrected chi connectivity index (χ0v) is 11.7. The number of nitrogens with one attached hydrogen (secondary N) is 1. The van der Waals surface area contributed by atoms with E-state index in [4.69, 9.17) is 20.6 Å². The van der Waals surface area contributed by atoms with E-state index in [1.807, 2.05) is 6.92 Å². The van der Waals surface area contributed by atoms with Gasteiger partial charge in [0.2, 0.25) is 0 Å². The number of benzene rings is 2. The molecule has 2 rings (SSSR count). The molecule has 0 aliphatic heterocycles. The quantitative estimate of drug-likeness (QED) is 0.634. The number of amidine groups is 1. The van der Waals surface area contributed by atoms with Gasteiger partial charge in [-0.15, -0.1) is 0 Å². The average molecular weight is 288 g/mol. The van der Waals surface area contributed by atoms with Crippen molar-refractivity contribution in [1.29, 1.82) is 5.41 Å². The summed E-state index contributed by atoms with van der Waals surface area (Å²) in [5.41, 5.74) is 6.89. The Morgan fingerprint density at radius 2 is 1.81 bits per heavy atom. The zero-order valence-electron chi connectivity index (χ0n) is 11.7. The first-order valence-electron chi connectivity index (χ1n) is 6.58. The summed E-state index contributed by atoms with van der Waals surface area (Å²) >= 11 is 0. The van der Waals surface area contributed by atoms with E-state index < -0.39 is 0 Å². The van der Waals surface area contributed by atoms with E-state index >= 15 is 0 Å². The average Bonchev–Trinajstić information content (AvgIpc) is 2.47. The van der Waals surface area contributed by atoms with Gasteiger partial charge in [0.25, 0.3) is 0 Å². The van der Waals surface area contributed by atoms with Crippen LogP contribution in [0, 0.1) is 11.2 Å². The van der Waals surface area contributed by atoms with Crippen molar-refractivity contribution in [2.24, 2.45) is 5.73 Å². The van der Waals surface area contributed by atoms with Crippen LogP contribution in [-0.4, -0.2) is 12.4 Å². The van der Waals surface area contributed by atoms with Crippen molar-refractivity contribution < 1.29 is 13.9 Å². The molecular formula is C16H17FN2O2. The van der Waals surface area contributed by atoms with Crippen molar-refractivity contribution >= 4 is 5.84 Å². The molecule has 0 unspecified atom stereocenters. The smallest absolute Gasteiger partial charge is 0.161 e. The Labute approximate surface area is 122 Å². The lowest BCUT2D eigenvalue weighted by Crippen LogP contribution is -2.11. The van der Waals surface area contributed by atoms with E-state index in [0.29, 0.717) is 30.3 Å². The summed E-state index contributed by atoms with van der Waals surface area (Å²) in [6.45, 7) is 2.65. The number of nitrogens with two attached hydrogens (primary N) is 1. The summed E-state index contributed by atoms with van der Waals surface area (Å²) in [5.74, 6) is 0.791. The summed E-state index contributed by atoms with van der Waals surface area (Å²) in [7, 11) is 0. The second kappa shape index (κ2) is 6.74. The van der Waals surface area contributed by atoms with Crippen molar-refractivity contribution in [2.75, 3.05) is 6.61 Å². The molecule has 0 spiro atoms. The summed E-state index contributed by atoms with van der Waals surface area (Å²) < 4.78 is 24.0. The van der Waals surface area contributed by atoms with Crippen molar-refractivity contribution in [1.82, 2.24) is 0 Å². The van der Waals surface area contributed by atoms with E-state index in [-0.39, 0.29) is 11.7 Å². The highest BCUT2D eigenvalue weighted by atomic mass is 19.1. The standard InChI is InChI=1S/C16H17FN2O2/c1-2-20-15-9-12(16(18)19)5-8-14(15)21-10-11-3-6-13(17)7-4-11/h3-9H,2,10H2,1H3,(H3,18,19). The highest BCUT2D eigenvalue weighted by molar-refractivity contribution is 5.95. The maximum Gasteiger partial charge on any atom is 0.161 e. The predicted molar refractivity (Wildman–Crippen MR) is 79.4 cm³/mol. The Hall–Kier alpha value is -2.56. The van der Waals surface area contributed by atoms with Crippen LogP contribution >= 0.6 is 0 Å². The van der Waals surface area contributed by atoms with Crippen LogP contribution in [0.5, 0.6) is 11.5 Å². The van der Waals surface area contributed by atoms with Gasteiger partial charge in [-0.2, -0.15) is 0 Å². The molecule has 0 aromatic heterocycles. The second-order valence-corrected chi connectivity index (χ2v) is 4.42. The van der Waals surface area contributed by atoms with Crippen LogP contribution < -0.4 is 15.2 Å². The number of halogens is 1. The highest BCUT2D eigenvalue weighted by Crippen LogP contribution is 2.29. The number of hydrogen-bond acceptors (Lipinski definition) is 3. The Balaban J connectivity index is 2.14. The van der Waals surface area contributed by atoms with E-state index in [0.717, 1.165) is 5.56 Å². The van der Waals surface area contributed by atoms with Crippen LogP contribution in [0.15, 0.2) is 42.5 Å². The molecule has 0 atom stereocenters. The van der Waals surface area contributed by atoms with Gasteiger partial charge in [-0.1, -0.05) is 12.1 Å². The molecule has 0 saturated heterocycles. The maximum atomic E-state index is 12.8. The fourth-order valence-electron chi connectivity index (χ4n) is 1.80. The lowest BCUT2D eigenvalue weighted by atomic mass is 10.2. The molecule has 0 aliphatic carbocycles. The third-order valence-electron chi connectivity index (χ3n) is 2.86. The first-order valence-corrected chi connectivity index (χ1v) is 6.58. The monoisotopic (exact) mass is 288 g/mol. The Kier molecular flexibility index (Phi) is 4.77. The minimum atomic E-state index is -0.278. The number of nitrogen functional groups attached to an aromatic ring is 1. The van der Waals surface area contributed by atoms with Gasteiger partial charge in [0.1, 0.15) is 18.3 Å². The Bertz CT molecular complexity index is 627. The molecule has 2 aromatic rings. The summed E-state index contributed by atoms with van der Waals surface area (Å²) in [5, 5.41) is 7.44. The summed E-state index contributed by atoms with van der Waals surface area (Å²) in [6, 6.07) is 11.2. The maximum absolute atomic E-state index is 12.8. The Morgan fingerprint density at radius 1 is 1.10 bits per heavy atom. The van der Waals surface area contributed by atoms with Crippen molar-refractivity contribution in [3.63, 3.8) is 0 Å². The van der Waals surface area contributed by atoms with Crippen molar-refractivity contribution in [3.8, 4) is 11.5 Å². The zero-order chi connectivity index (χ0) is 15.2. The van der Waals surface area contributed by atoms with Gasteiger partial charge in [-0.05, 0) is 42.8 Å². The molecule has 0 bridgehead atoms. The molecular weight excluding hydrogens is 271 g/mol. The van der Waals surface area contributed by atoms with E-state index in [9.17, 15) is 4.39 Å². The van der Waals surface area contributed by atoms with Crippen LogP contribution in [0.25, 0.3) is 0 Å². The van der Waals surface area contributed by atoms with Crippen molar-refractivity contribution in [2.45, 2.75) is 13.5 Å². The van der Waals surface area contributed by atoms with Crippen LogP contribution in [0.2, 0.25) is 0 Å². The third kappa shape index (κ3) is 3.95. The van der Waals surface area contributed by atoms with E-state index in [1.165, 1.54) is 12.1 Å². The molecule has 0 amide bonds. The van der Waals surface area contributed by atoms with Crippen LogP contribution in [0.4, 0.5) is 4.39 Å².